The van der Waals surface area contributed by atoms with Crippen LogP contribution in [0.3, 0.4) is 0 Å². The first-order valence-corrected chi connectivity index (χ1v) is 8.93. The molecule has 1 atom stereocenters. The fourth-order valence-electron chi connectivity index (χ4n) is 2.50. The zero-order valence-corrected chi connectivity index (χ0v) is 13.9. The van der Waals surface area contributed by atoms with Gasteiger partial charge in [-0.2, -0.15) is 11.8 Å². The van der Waals surface area contributed by atoms with E-state index in [0.717, 1.165) is 13.1 Å². The van der Waals surface area contributed by atoms with Gasteiger partial charge in [0.2, 0.25) is 0 Å². The molecule has 1 aromatic rings. The first kappa shape index (κ1) is 15.9. The SMILES string of the molecule is CC(C)NCC(C)c1ccc(CN2CCSCC2)cc1. The first-order chi connectivity index (χ1) is 9.65. The third-order valence-electron chi connectivity index (χ3n) is 3.89. The van der Waals surface area contributed by atoms with E-state index < -0.39 is 0 Å². The molecule has 3 heteroatoms. The van der Waals surface area contributed by atoms with Gasteiger partial charge in [-0.1, -0.05) is 45.0 Å². The van der Waals surface area contributed by atoms with Gasteiger partial charge in [-0.15, -0.1) is 0 Å². The van der Waals surface area contributed by atoms with Crippen LogP contribution in [-0.4, -0.2) is 42.1 Å². The van der Waals surface area contributed by atoms with Gasteiger partial charge in [0, 0.05) is 43.7 Å². The van der Waals surface area contributed by atoms with Gasteiger partial charge in [0.25, 0.3) is 0 Å². The zero-order chi connectivity index (χ0) is 14.4. The maximum absolute atomic E-state index is 3.51. The van der Waals surface area contributed by atoms with Crippen molar-refractivity contribution in [2.24, 2.45) is 0 Å². The van der Waals surface area contributed by atoms with Gasteiger partial charge in [-0.05, 0) is 17.0 Å². The predicted octanol–water partition coefficient (Wildman–Crippen LogP) is 3.34. The van der Waals surface area contributed by atoms with Crippen LogP contribution in [0.1, 0.15) is 37.8 Å². The molecule has 0 aliphatic carbocycles. The Morgan fingerprint density at radius 2 is 1.75 bits per heavy atom. The average molecular weight is 292 g/mol. The minimum absolute atomic E-state index is 0.564. The minimum Gasteiger partial charge on any atom is -0.314 e. The lowest BCUT2D eigenvalue weighted by molar-refractivity contribution is 0.294. The molecule has 0 amide bonds. The Labute approximate surface area is 128 Å². The van der Waals surface area contributed by atoms with Crippen molar-refractivity contribution in [2.45, 2.75) is 39.3 Å². The van der Waals surface area contributed by atoms with Crippen LogP contribution in [-0.2, 0) is 6.54 Å². The van der Waals surface area contributed by atoms with Crippen LogP contribution < -0.4 is 5.32 Å². The number of nitrogens with zero attached hydrogens (tertiary/aromatic N) is 1. The largest absolute Gasteiger partial charge is 0.314 e. The van der Waals surface area contributed by atoms with E-state index in [4.69, 9.17) is 0 Å². The molecule has 1 aliphatic rings. The molecule has 1 heterocycles. The third-order valence-corrected chi connectivity index (χ3v) is 4.83. The molecule has 1 aromatic carbocycles. The summed E-state index contributed by atoms with van der Waals surface area (Å²) in [6.07, 6.45) is 0. The van der Waals surface area contributed by atoms with Crippen molar-refractivity contribution in [3.05, 3.63) is 35.4 Å². The van der Waals surface area contributed by atoms with Crippen molar-refractivity contribution in [1.29, 1.82) is 0 Å². The molecule has 1 fully saturated rings. The lowest BCUT2D eigenvalue weighted by atomic mass is 9.99. The van der Waals surface area contributed by atoms with Gasteiger partial charge >= 0.3 is 0 Å². The van der Waals surface area contributed by atoms with Crippen molar-refractivity contribution in [3.63, 3.8) is 0 Å². The number of hydrogen-bond donors (Lipinski definition) is 1. The van der Waals surface area contributed by atoms with Crippen LogP contribution in [0.15, 0.2) is 24.3 Å². The molecule has 0 saturated carbocycles. The molecule has 0 aromatic heterocycles. The van der Waals surface area contributed by atoms with Gasteiger partial charge in [-0.3, -0.25) is 4.90 Å². The van der Waals surface area contributed by atoms with Crippen molar-refractivity contribution < 1.29 is 0 Å². The summed E-state index contributed by atoms with van der Waals surface area (Å²) in [5, 5.41) is 3.51. The molecule has 2 nitrogen and oxygen atoms in total. The van der Waals surface area contributed by atoms with Gasteiger partial charge in [-0.25, -0.2) is 0 Å². The Hall–Kier alpha value is -0.510. The highest BCUT2D eigenvalue weighted by molar-refractivity contribution is 7.99. The van der Waals surface area contributed by atoms with Crippen LogP contribution in [0, 0.1) is 0 Å². The summed E-state index contributed by atoms with van der Waals surface area (Å²) in [6.45, 7) is 11.3. The Bertz CT molecular complexity index is 382. The second kappa shape index (κ2) is 8.06. The Kier molecular flexibility index (Phi) is 6.40. The summed E-state index contributed by atoms with van der Waals surface area (Å²) in [6, 6.07) is 9.79. The molecule has 1 N–H and O–H groups in total. The Balaban J connectivity index is 1.85. The standard InChI is InChI=1S/C17H28N2S/c1-14(2)18-12-15(3)17-6-4-16(5-7-17)13-19-8-10-20-11-9-19/h4-7,14-15,18H,8-13H2,1-3H3. The van der Waals surface area contributed by atoms with Crippen molar-refractivity contribution >= 4 is 11.8 Å². The Morgan fingerprint density at radius 3 is 2.35 bits per heavy atom. The summed E-state index contributed by atoms with van der Waals surface area (Å²) in [7, 11) is 0. The molecular weight excluding hydrogens is 264 g/mol. The summed E-state index contributed by atoms with van der Waals surface area (Å²) < 4.78 is 0. The maximum Gasteiger partial charge on any atom is 0.0234 e. The summed E-state index contributed by atoms with van der Waals surface area (Å²) >= 11 is 2.07. The minimum atomic E-state index is 0.564. The smallest absolute Gasteiger partial charge is 0.0234 e. The summed E-state index contributed by atoms with van der Waals surface area (Å²) in [5.74, 6) is 3.16. The molecule has 0 bridgehead atoms. The van der Waals surface area contributed by atoms with Crippen LogP contribution in [0.5, 0.6) is 0 Å². The lowest BCUT2D eigenvalue weighted by Gasteiger charge is -2.26. The number of thioether (sulfide) groups is 1. The molecule has 1 unspecified atom stereocenters. The highest BCUT2D eigenvalue weighted by Crippen LogP contribution is 2.17. The summed E-state index contributed by atoms with van der Waals surface area (Å²) in [4.78, 5) is 2.56. The monoisotopic (exact) mass is 292 g/mol. The van der Waals surface area contributed by atoms with E-state index in [2.05, 4.69) is 67.0 Å². The fourth-order valence-corrected chi connectivity index (χ4v) is 3.48. The predicted molar refractivity (Wildman–Crippen MR) is 90.6 cm³/mol. The first-order valence-electron chi connectivity index (χ1n) is 7.77. The van der Waals surface area contributed by atoms with E-state index in [1.165, 1.54) is 35.7 Å². The van der Waals surface area contributed by atoms with E-state index in [9.17, 15) is 0 Å². The number of rotatable bonds is 6. The molecule has 0 radical (unpaired) electrons. The van der Waals surface area contributed by atoms with Gasteiger partial charge in [0.1, 0.15) is 0 Å². The highest BCUT2D eigenvalue weighted by Gasteiger charge is 2.11. The van der Waals surface area contributed by atoms with Crippen LogP contribution in [0.4, 0.5) is 0 Å². The van der Waals surface area contributed by atoms with Gasteiger partial charge < -0.3 is 5.32 Å². The zero-order valence-electron chi connectivity index (χ0n) is 13.1. The Morgan fingerprint density at radius 1 is 1.10 bits per heavy atom. The van der Waals surface area contributed by atoms with E-state index in [-0.39, 0.29) is 0 Å². The third kappa shape index (κ3) is 5.12. The fraction of sp³-hybridized carbons (Fsp3) is 0.647. The van der Waals surface area contributed by atoms with Crippen LogP contribution in [0.2, 0.25) is 0 Å². The quantitative estimate of drug-likeness (QED) is 0.866. The lowest BCUT2D eigenvalue weighted by Crippen LogP contribution is -2.31. The van der Waals surface area contributed by atoms with E-state index in [1.54, 1.807) is 0 Å². The number of hydrogen-bond acceptors (Lipinski definition) is 3. The van der Waals surface area contributed by atoms with Gasteiger partial charge in [0.05, 0.1) is 0 Å². The second-order valence-electron chi connectivity index (χ2n) is 6.09. The summed E-state index contributed by atoms with van der Waals surface area (Å²) in [5.41, 5.74) is 2.89. The molecule has 112 valence electrons. The van der Waals surface area contributed by atoms with Crippen molar-refractivity contribution in [2.75, 3.05) is 31.1 Å². The molecule has 1 aliphatic heterocycles. The second-order valence-corrected chi connectivity index (χ2v) is 7.32. The molecular formula is C17H28N2S. The van der Waals surface area contributed by atoms with Crippen LogP contribution >= 0.6 is 11.8 Å². The maximum atomic E-state index is 3.51. The molecule has 20 heavy (non-hydrogen) atoms. The topological polar surface area (TPSA) is 15.3 Å². The molecule has 1 saturated heterocycles. The van der Waals surface area contributed by atoms with Crippen molar-refractivity contribution in [1.82, 2.24) is 10.2 Å². The van der Waals surface area contributed by atoms with E-state index >= 15 is 0 Å². The molecule has 2 rings (SSSR count). The van der Waals surface area contributed by atoms with E-state index in [1.807, 2.05) is 0 Å². The highest BCUT2D eigenvalue weighted by atomic mass is 32.2. The number of nitrogens with one attached hydrogen (secondary N) is 1. The normalized spacial score (nSPS) is 18.4. The molecule has 0 spiro atoms. The van der Waals surface area contributed by atoms with Gasteiger partial charge in [0.15, 0.2) is 0 Å². The van der Waals surface area contributed by atoms with Crippen LogP contribution in [0.25, 0.3) is 0 Å². The average Bonchev–Trinajstić information content (AvgIpc) is 2.46. The van der Waals surface area contributed by atoms with Crippen molar-refractivity contribution in [3.8, 4) is 0 Å². The number of benzene rings is 1. The van der Waals surface area contributed by atoms with E-state index in [0.29, 0.717) is 12.0 Å².